The maximum atomic E-state index is 11.5. The second-order valence-corrected chi connectivity index (χ2v) is 3.78. The molecule has 1 aromatic rings. The zero-order valence-electron chi connectivity index (χ0n) is 10.4. The van der Waals surface area contributed by atoms with Crippen LogP contribution in [-0.4, -0.2) is 23.9 Å². The highest BCUT2D eigenvalue weighted by molar-refractivity contribution is 5.90. The van der Waals surface area contributed by atoms with Crippen molar-refractivity contribution in [2.75, 3.05) is 12.4 Å². The number of esters is 1. The first-order chi connectivity index (χ1) is 9.02. The topological polar surface area (TPSA) is 98.5 Å². The van der Waals surface area contributed by atoms with Crippen LogP contribution in [0.15, 0.2) is 24.3 Å². The Morgan fingerprint density at radius 2 is 1.89 bits per heavy atom. The van der Waals surface area contributed by atoms with E-state index in [4.69, 9.17) is 0 Å². The predicted molar refractivity (Wildman–Crippen MR) is 67.6 cm³/mol. The maximum absolute atomic E-state index is 11.5. The fourth-order valence-electron chi connectivity index (χ4n) is 1.39. The Kier molecular flexibility index (Phi) is 5.46. The van der Waals surface area contributed by atoms with Gasteiger partial charge in [0.05, 0.1) is 12.0 Å². The zero-order chi connectivity index (χ0) is 14.3. The molecule has 1 amide bonds. The molecule has 0 aliphatic heterocycles. The molecule has 0 heterocycles. The van der Waals surface area contributed by atoms with Crippen molar-refractivity contribution in [3.05, 3.63) is 34.4 Å². The number of hydrogen-bond acceptors (Lipinski definition) is 5. The quantitative estimate of drug-likeness (QED) is 0.481. The summed E-state index contributed by atoms with van der Waals surface area (Å²) in [4.78, 5) is 32.3. The van der Waals surface area contributed by atoms with E-state index >= 15 is 0 Å². The molecule has 0 unspecified atom stereocenters. The van der Waals surface area contributed by atoms with Gasteiger partial charge in [-0.25, -0.2) is 0 Å². The van der Waals surface area contributed by atoms with Gasteiger partial charge in [0.25, 0.3) is 5.69 Å². The molecule has 1 N–H and O–H groups in total. The number of anilines is 1. The number of nitrogens with one attached hydrogen (secondary N) is 1. The molecular weight excluding hydrogens is 252 g/mol. The molecule has 0 fully saturated rings. The third-order valence-electron chi connectivity index (χ3n) is 2.37. The van der Waals surface area contributed by atoms with Crippen LogP contribution < -0.4 is 5.32 Å². The van der Waals surface area contributed by atoms with Gasteiger partial charge in [-0.05, 0) is 18.6 Å². The van der Waals surface area contributed by atoms with Crippen LogP contribution >= 0.6 is 0 Å². The number of rotatable bonds is 6. The molecular formula is C12H14N2O5. The molecule has 0 bridgehead atoms. The number of nitro benzene ring substituents is 1. The first-order valence-corrected chi connectivity index (χ1v) is 5.64. The van der Waals surface area contributed by atoms with E-state index in [0.29, 0.717) is 12.1 Å². The summed E-state index contributed by atoms with van der Waals surface area (Å²) >= 11 is 0. The normalized spacial score (nSPS) is 9.74. The molecule has 19 heavy (non-hydrogen) atoms. The number of non-ortho nitro benzene ring substituents is 1. The molecule has 7 nitrogen and oxygen atoms in total. The van der Waals surface area contributed by atoms with Crippen LogP contribution in [-0.2, 0) is 14.3 Å². The van der Waals surface area contributed by atoms with Crippen molar-refractivity contribution in [1.29, 1.82) is 0 Å². The Labute approximate surface area is 109 Å². The fraction of sp³-hybridized carbons (Fsp3) is 0.333. The van der Waals surface area contributed by atoms with Crippen molar-refractivity contribution in [1.82, 2.24) is 0 Å². The number of methoxy groups -OCH3 is 1. The lowest BCUT2D eigenvalue weighted by Crippen LogP contribution is -2.12. The number of hydrogen-bond donors (Lipinski definition) is 1. The van der Waals surface area contributed by atoms with Gasteiger partial charge in [0.2, 0.25) is 5.91 Å². The molecule has 0 saturated heterocycles. The summed E-state index contributed by atoms with van der Waals surface area (Å²) in [5.74, 6) is -0.610. The molecule has 0 aromatic heterocycles. The summed E-state index contributed by atoms with van der Waals surface area (Å²) in [6.45, 7) is 0. The number of nitrogens with zero attached hydrogens (tertiary/aromatic N) is 1. The molecule has 7 heteroatoms. The molecule has 0 aliphatic rings. The summed E-state index contributed by atoms with van der Waals surface area (Å²) in [6.07, 6.45) is 0.766. The number of amides is 1. The first-order valence-electron chi connectivity index (χ1n) is 5.64. The van der Waals surface area contributed by atoms with Crippen LogP contribution in [0.1, 0.15) is 19.3 Å². The molecule has 0 atom stereocenters. The molecule has 0 saturated carbocycles. The average Bonchev–Trinajstić information content (AvgIpc) is 2.39. The van der Waals surface area contributed by atoms with E-state index in [1.807, 2.05) is 0 Å². The van der Waals surface area contributed by atoms with Crippen molar-refractivity contribution in [3.8, 4) is 0 Å². The lowest BCUT2D eigenvalue weighted by Gasteiger charge is -2.04. The third-order valence-corrected chi connectivity index (χ3v) is 2.37. The van der Waals surface area contributed by atoms with E-state index in [1.165, 1.54) is 31.4 Å². The van der Waals surface area contributed by atoms with Gasteiger partial charge in [0.15, 0.2) is 0 Å². The SMILES string of the molecule is COC(=O)CCCC(=O)Nc1ccc([N+](=O)[O-])cc1. The van der Waals surface area contributed by atoms with Crippen LogP contribution in [0, 0.1) is 10.1 Å². The third kappa shape index (κ3) is 5.15. The van der Waals surface area contributed by atoms with Crippen LogP contribution in [0.2, 0.25) is 0 Å². The van der Waals surface area contributed by atoms with E-state index in [1.54, 1.807) is 0 Å². The highest BCUT2D eigenvalue weighted by Crippen LogP contribution is 2.15. The summed E-state index contributed by atoms with van der Waals surface area (Å²) in [5.41, 5.74) is 0.442. The largest absolute Gasteiger partial charge is 0.469 e. The van der Waals surface area contributed by atoms with Crippen molar-refractivity contribution in [2.45, 2.75) is 19.3 Å². The van der Waals surface area contributed by atoms with Crippen LogP contribution in [0.5, 0.6) is 0 Å². The van der Waals surface area contributed by atoms with E-state index in [9.17, 15) is 19.7 Å². The lowest BCUT2D eigenvalue weighted by molar-refractivity contribution is -0.384. The predicted octanol–water partition coefficient (Wildman–Crippen LogP) is 1.88. The Morgan fingerprint density at radius 1 is 1.26 bits per heavy atom. The minimum atomic E-state index is -0.512. The summed E-state index contributed by atoms with van der Waals surface area (Å²) < 4.78 is 4.45. The average molecular weight is 266 g/mol. The number of ether oxygens (including phenoxy) is 1. The molecule has 1 aromatic carbocycles. The number of carbonyl (C=O) groups is 2. The van der Waals surface area contributed by atoms with E-state index in [2.05, 4.69) is 10.1 Å². The fourth-order valence-corrected chi connectivity index (χ4v) is 1.39. The standard InChI is InChI=1S/C12H14N2O5/c1-19-12(16)4-2-3-11(15)13-9-5-7-10(8-6-9)14(17)18/h5-8H,2-4H2,1H3,(H,13,15). The Hall–Kier alpha value is -2.44. The van der Waals surface area contributed by atoms with Gasteiger partial charge >= 0.3 is 5.97 Å². The number of benzene rings is 1. The monoisotopic (exact) mass is 266 g/mol. The van der Waals surface area contributed by atoms with Crippen LogP contribution in [0.25, 0.3) is 0 Å². The van der Waals surface area contributed by atoms with E-state index in [0.717, 1.165) is 0 Å². The van der Waals surface area contributed by atoms with Crippen molar-refractivity contribution < 1.29 is 19.2 Å². The maximum Gasteiger partial charge on any atom is 0.305 e. The second-order valence-electron chi connectivity index (χ2n) is 3.78. The molecule has 102 valence electrons. The van der Waals surface area contributed by atoms with Gasteiger partial charge in [-0.2, -0.15) is 0 Å². The molecule has 0 radical (unpaired) electrons. The van der Waals surface area contributed by atoms with Gasteiger partial charge in [-0.1, -0.05) is 0 Å². The van der Waals surface area contributed by atoms with Gasteiger partial charge in [-0.15, -0.1) is 0 Å². The molecule has 1 rings (SSSR count). The lowest BCUT2D eigenvalue weighted by atomic mass is 10.2. The second kappa shape index (κ2) is 7.10. The molecule has 0 aliphatic carbocycles. The van der Waals surface area contributed by atoms with Gasteiger partial charge in [-0.3, -0.25) is 19.7 Å². The number of carbonyl (C=O) groups excluding carboxylic acids is 2. The van der Waals surface area contributed by atoms with Gasteiger partial charge < -0.3 is 10.1 Å². The van der Waals surface area contributed by atoms with Crippen LogP contribution in [0.3, 0.4) is 0 Å². The van der Waals surface area contributed by atoms with E-state index < -0.39 is 4.92 Å². The highest BCUT2D eigenvalue weighted by atomic mass is 16.6. The van der Waals surface area contributed by atoms with Crippen molar-refractivity contribution in [3.63, 3.8) is 0 Å². The summed E-state index contributed by atoms with van der Waals surface area (Å²) in [6, 6.07) is 5.53. The Morgan fingerprint density at radius 3 is 2.42 bits per heavy atom. The summed E-state index contributed by atoms with van der Waals surface area (Å²) in [7, 11) is 1.29. The van der Waals surface area contributed by atoms with Gasteiger partial charge in [0, 0.05) is 30.7 Å². The van der Waals surface area contributed by atoms with Gasteiger partial charge in [0.1, 0.15) is 0 Å². The molecule has 0 spiro atoms. The Balaban J connectivity index is 2.40. The van der Waals surface area contributed by atoms with Crippen LogP contribution in [0.4, 0.5) is 11.4 Å². The smallest absolute Gasteiger partial charge is 0.305 e. The zero-order valence-corrected chi connectivity index (χ0v) is 10.4. The Bertz CT molecular complexity index is 470. The number of nitro groups is 1. The van der Waals surface area contributed by atoms with Crippen molar-refractivity contribution >= 4 is 23.3 Å². The van der Waals surface area contributed by atoms with Crippen molar-refractivity contribution in [2.24, 2.45) is 0 Å². The minimum absolute atomic E-state index is 0.0382. The summed E-state index contributed by atoms with van der Waals surface area (Å²) in [5, 5.41) is 13.0. The van der Waals surface area contributed by atoms with E-state index in [-0.39, 0.29) is 30.4 Å². The highest BCUT2D eigenvalue weighted by Gasteiger charge is 2.07. The first kappa shape index (κ1) is 14.6. The minimum Gasteiger partial charge on any atom is -0.469 e.